The summed E-state index contributed by atoms with van der Waals surface area (Å²) in [5.41, 5.74) is 0. The van der Waals surface area contributed by atoms with Gasteiger partial charge in [0.2, 0.25) is 5.91 Å². The highest BCUT2D eigenvalue weighted by atomic mass is 35.5. The maximum Gasteiger partial charge on any atom is 0.220 e. The molecule has 94 valence electrons. The molecule has 1 atom stereocenters. The van der Waals surface area contributed by atoms with Crippen LogP contribution in [-0.4, -0.2) is 25.0 Å². The van der Waals surface area contributed by atoms with Crippen LogP contribution in [-0.2, 0) is 4.79 Å². The van der Waals surface area contributed by atoms with Crippen LogP contribution in [0.3, 0.4) is 0 Å². The van der Waals surface area contributed by atoms with E-state index in [0.717, 1.165) is 25.4 Å². The maximum atomic E-state index is 11.5. The average Bonchev–Trinajstić information content (AvgIpc) is 2.64. The zero-order valence-electron chi connectivity index (χ0n) is 9.84. The van der Waals surface area contributed by atoms with Crippen molar-refractivity contribution < 1.29 is 4.79 Å². The lowest BCUT2D eigenvalue weighted by Crippen LogP contribution is -2.33. The lowest BCUT2D eigenvalue weighted by Gasteiger charge is -2.25. The number of halogens is 1. The lowest BCUT2D eigenvalue weighted by molar-refractivity contribution is -0.121. The smallest absolute Gasteiger partial charge is 0.220 e. The number of nitrogens with one attached hydrogen (secondary N) is 2. The first kappa shape index (κ1) is 13.8. The number of hydrogen-bond acceptors (Lipinski definition) is 2. The predicted octanol–water partition coefficient (Wildman–Crippen LogP) is 1.86. The van der Waals surface area contributed by atoms with Gasteiger partial charge in [0, 0.05) is 19.0 Å². The summed E-state index contributed by atoms with van der Waals surface area (Å²) in [5.74, 6) is 1.02. The second-order valence-electron chi connectivity index (χ2n) is 4.93. The third-order valence-corrected chi connectivity index (χ3v) is 3.69. The zero-order valence-corrected chi connectivity index (χ0v) is 10.7. The van der Waals surface area contributed by atoms with Crippen molar-refractivity contribution in [2.24, 2.45) is 5.92 Å². The minimum Gasteiger partial charge on any atom is -0.356 e. The maximum absolute atomic E-state index is 11.5. The van der Waals surface area contributed by atoms with Gasteiger partial charge in [-0.05, 0) is 44.6 Å². The van der Waals surface area contributed by atoms with E-state index in [0.29, 0.717) is 12.5 Å². The van der Waals surface area contributed by atoms with Gasteiger partial charge in [-0.3, -0.25) is 4.79 Å². The summed E-state index contributed by atoms with van der Waals surface area (Å²) in [6.45, 7) is 2.05. The highest BCUT2D eigenvalue weighted by Crippen LogP contribution is 2.25. The van der Waals surface area contributed by atoms with Crippen LogP contribution in [0.5, 0.6) is 0 Å². The summed E-state index contributed by atoms with van der Waals surface area (Å²) in [5, 5.41) is 6.46. The number of rotatable bonds is 5. The van der Waals surface area contributed by atoms with Gasteiger partial charge in [-0.25, -0.2) is 0 Å². The van der Waals surface area contributed by atoms with Crippen molar-refractivity contribution in [2.45, 2.75) is 51.0 Å². The molecule has 0 aromatic rings. The summed E-state index contributed by atoms with van der Waals surface area (Å²) in [4.78, 5) is 11.5. The number of carbonyl (C=O) groups is 1. The molecule has 2 aliphatic rings. The summed E-state index contributed by atoms with van der Waals surface area (Å²) in [6, 6.07) is 0.597. The Bertz CT molecular complexity index is 213. The molecule has 2 fully saturated rings. The SMILES string of the molecule is Cl.O=C(CCC1CCCN1)NCC1CCC1. The van der Waals surface area contributed by atoms with Crippen molar-refractivity contribution in [1.29, 1.82) is 0 Å². The molecule has 3 nitrogen and oxygen atoms in total. The molecular formula is C12H23ClN2O. The highest BCUT2D eigenvalue weighted by Gasteiger charge is 2.19. The van der Waals surface area contributed by atoms with E-state index in [9.17, 15) is 4.79 Å². The molecule has 1 aliphatic heterocycles. The van der Waals surface area contributed by atoms with Crippen molar-refractivity contribution in [3.8, 4) is 0 Å². The quantitative estimate of drug-likeness (QED) is 0.778. The van der Waals surface area contributed by atoms with Crippen LogP contribution in [0.25, 0.3) is 0 Å². The Balaban J connectivity index is 0.00000128. The van der Waals surface area contributed by atoms with Crippen LogP contribution in [0.2, 0.25) is 0 Å². The highest BCUT2D eigenvalue weighted by molar-refractivity contribution is 5.85. The van der Waals surface area contributed by atoms with E-state index in [-0.39, 0.29) is 18.3 Å². The fourth-order valence-electron chi connectivity index (χ4n) is 2.35. The Hall–Kier alpha value is -0.280. The van der Waals surface area contributed by atoms with Gasteiger partial charge in [0.25, 0.3) is 0 Å². The molecule has 16 heavy (non-hydrogen) atoms. The molecule has 0 bridgehead atoms. The van der Waals surface area contributed by atoms with Gasteiger partial charge in [0.05, 0.1) is 0 Å². The Morgan fingerprint density at radius 2 is 2.06 bits per heavy atom. The molecule has 0 spiro atoms. The van der Waals surface area contributed by atoms with Crippen LogP contribution in [0.15, 0.2) is 0 Å². The molecule has 2 rings (SSSR count). The van der Waals surface area contributed by atoms with Crippen LogP contribution in [0.4, 0.5) is 0 Å². The van der Waals surface area contributed by atoms with Gasteiger partial charge < -0.3 is 10.6 Å². The first-order chi connectivity index (χ1) is 7.34. The topological polar surface area (TPSA) is 41.1 Å². The van der Waals surface area contributed by atoms with E-state index in [4.69, 9.17) is 0 Å². The monoisotopic (exact) mass is 246 g/mol. The minimum absolute atomic E-state index is 0. The molecule has 0 radical (unpaired) electrons. The molecule has 1 aliphatic carbocycles. The van der Waals surface area contributed by atoms with E-state index in [2.05, 4.69) is 10.6 Å². The fraction of sp³-hybridized carbons (Fsp3) is 0.917. The van der Waals surface area contributed by atoms with Crippen molar-refractivity contribution >= 4 is 18.3 Å². The Morgan fingerprint density at radius 3 is 2.62 bits per heavy atom. The average molecular weight is 247 g/mol. The Morgan fingerprint density at radius 1 is 1.25 bits per heavy atom. The van der Waals surface area contributed by atoms with Gasteiger partial charge in [0.15, 0.2) is 0 Å². The number of carbonyl (C=O) groups excluding carboxylic acids is 1. The predicted molar refractivity (Wildman–Crippen MR) is 67.9 cm³/mol. The molecule has 1 heterocycles. The van der Waals surface area contributed by atoms with Gasteiger partial charge in [-0.1, -0.05) is 6.42 Å². The molecule has 1 saturated carbocycles. The Labute approximate surface area is 104 Å². The zero-order chi connectivity index (χ0) is 10.5. The number of hydrogen-bond donors (Lipinski definition) is 2. The molecule has 0 aromatic carbocycles. The van der Waals surface area contributed by atoms with Crippen molar-refractivity contribution in [1.82, 2.24) is 10.6 Å². The molecule has 0 aromatic heterocycles. The first-order valence-electron chi connectivity index (χ1n) is 6.34. The third kappa shape index (κ3) is 4.30. The van der Waals surface area contributed by atoms with Gasteiger partial charge in [-0.15, -0.1) is 12.4 Å². The van der Waals surface area contributed by atoms with Crippen LogP contribution in [0.1, 0.15) is 44.9 Å². The molecule has 1 unspecified atom stereocenters. The molecule has 1 amide bonds. The second-order valence-corrected chi connectivity index (χ2v) is 4.93. The van der Waals surface area contributed by atoms with E-state index >= 15 is 0 Å². The lowest BCUT2D eigenvalue weighted by atomic mass is 9.85. The third-order valence-electron chi connectivity index (χ3n) is 3.69. The van der Waals surface area contributed by atoms with Crippen LogP contribution in [0, 0.1) is 5.92 Å². The van der Waals surface area contributed by atoms with Crippen LogP contribution < -0.4 is 10.6 Å². The summed E-state index contributed by atoms with van der Waals surface area (Å²) < 4.78 is 0. The van der Waals surface area contributed by atoms with Crippen molar-refractivity contribution in [2.75, 3.05) is 13.1 Å². The normalized spacial score (nSPS) is 24.6. The molecule has 1 saturated heterocycles. The van der Waals surface area contributed by atoms with E-state index in [1.807, 2.05) is 0 Å². The van der Waals surface area contributed by atoms with E-state index < -0.39 is 0 Å². The Kier molecular flexibility index (Phi) is 6.14. The summed E-state index contributed by atoms with van der Waals surface area (Å²) in [6.07, 6.45) is 8.20. The molecular weight excluding hydrogens is 224 g/mol. The minimum atomic E-state index is 0. The molecule has 4 heteroatoms. The second kappa shape index (κ2) is 7.13. The van der Waals surface area contributed by atoms with E-state index in [1.165, 1.54) is 32.1 Å². The summed E-state index contributed by atoms with van der Waals surface area (Å²) >= 11 is 0. The van der Waals surface area contributed by atoms with Crippen LogP contribution >= 0.6 is 12.4 Å². The van der Waals surface area contributed by atoms with Crippen molar-refractivity contribution in [3.05, 3.63) is 0 Å². The number of amides is 1. The van der Waals surface area contributed by atoms with Gasteiger partial charge in [-0.2, -0.15) is 0 Å². The van der Waals surface area contributed by atoms with Gasteiger partial charge in [0.1, 0.15) is 0 Å². The molecule has 2 N–H and O–H groups in total. The first-order valence-corrected chi connectivity index (χ1v) is 6.34. The van der Waals surface area contributed by atoms with Crippen molar-refractivity contribution in [3.63, 3.8) is 0 Å². The van der Waals surface area contributed by atoms with Gasteiger partial charge >= 0.3 is 0 Å². The standard InChI is InChI=1S/C12H22N2O.ClH/c15-12(14-9-10-3-1-4-10)7-6-11-5-2-8-13-11;/h10-11,13H,1-9H2,(H,14,15);1H. The summed E-state index contributed by atoms with van der Waals surface area (Å²) in [7, 11) is 0. The fourth-order valence-corrected chi connectivity index (χ4v) is 2.35. The largest absolute Gasteiger partial charge is 0.356 e. The van der Waals surface area contributed by atoms with E-state index in [1.54, 1.807) is 0 Å².